The van der Waals surface area contributed by atoms with Gasteiger partial charge in [-0.15, -0.1) is 0 Å². The third kappa shape index (κ3) is 7.27. The van der Waals surface area contributed by atoms with Crippen molar-refractivity contribution >= 4 is 29.1 Å². The number of halogens is 2. The number of amides is 1. The van der Waals surface area contributed by atoms with E-state index in [0.29, 0.717) is 47.7 Å². The molecule has 3 aromatic carbocycles. The lowest BCUT2D eigenvalue weighted by Crippen LogP contribution is -2.35. The van der Waals surface area contributed by atoms with Crippen LogP contribution in [0.2, 0.25) is 10.0 Å². The minimum absolute atomic E-state index is 0.105. The summed E-state index contributed by atoms with van der Waals surface area (Å²) in [6.45, 7) is 5.30. The summed E-state index contributed by atoms with van der Waals surface area (Å²) >= 11 is 14.3. The molecule has 1 fully saturated rings. The Labute approximate surface area is 286 Å². The van der Waals surface area contributed by atoms with Crippen LogP contribution in [-0.4, -0.2) is 66.9 Å². The zero-order chi connectivity index (χ0) is 33.1. The monoisotopic (exact) mass is 674 g/mol. The topological polar surface area (TPSA) is 96.0 Å². The molecule has 2 aliphatic heterocycles. The summed E-state index contributed by atoms with van der Waals surface area (Å²) in [5, 5.41) is 17.4. The minimum atomic E-state index is -0.382. The van der Waals surface area contributed by atoms with Crippen LogP contribution in [-0.2, 0) is 24.3 Å². The van der Waals surface area contributed by atoms with Crippen molar-refractivity contribution in [3.8, 4) is 45.1 Å². The van der Waals surface area contributed by atoms with Gasteiger partial charge in [0.05, 0.1) is 36.1 Å². The molecular weight excluding hydrogens is 635 g/mol. The number of aliphatic hydroxyl groups is 1. The van der Waals surface area contributed by atoms with Crippen LogP contribution in [0, 0.1) is 0 Å². The predicted molar refractivity (Wildman–Crippen MR) is 187 cm³/mol. The molecule has 10 heteroatoms. The molecule has 1 aromatic heterocycles. The van der Waals surface area contributed by atoms with E-state index in [4.69, 9.17) is 37.7 Å². The molecule has 2 atom stereocenters. The molecule has 1 saturated heterocycles. The molecule has 0 unspecified atom stereocenters. The highest BCUT2D eigenvalue weighted by molar-refractivity contribution is 6.39. The van der Waals surface area contributed by atoms with E-state index in [2.05, 4.69) is 21.6 Å². The van der Waals surface area contributed by atoms with Gasteiger partial charge >= 0.3 is 0 Å². The van der Waals surface area contributed by atoms with Gasteiger partial charge in [-0.25, -0.2) is 4.98 Å². The van der Waals surface area contributed by atoms with E-state index < -0.39 is 0 Å². The van der Waals surface area contributed by atoms with E-state index >= 15 is 0 Å². The van der Waals surface area contributed by atoms with Crippen LogP contribution in [0.4, 0.5) is 0 Å². The minimum Gasteiger partial charge on any atom is -0.496 e. The molecule has 6 rings (SSSR count). The highest BCUT2D eigenvalue weighted by Gasteiger charge is 2.24. The molecule has 246 valence electrons. The van der Waals surface area contributed by atoms with Crippen molar-refractivity contribution in [2.24, 2.45) is 0 Å². The normalized spacial score (nSPS) is 16.9. The van der Waals surface area contributed by atoms with Crippen LogP contribution in [0.15, 0.2) is 60.7 Å². The first-order chi connectivity index (χ1) is 22.7. The van der Waals surface area contributed by atoms with E-state index in [1.54, 1.807) is 14.2 Å². The second kappa shape index (κ2) is 14.6. The summed E-state index contributed by atoms with van der Waals surface area (Å²) < 4.78 is 11.5. The van der Waals surface area contributed by atoms with E-state index in [1.165, 1.54) is 5.56 Å². The van der Waals surface area contributed by atoms with Gasteiger partial charge in [0.15, 0.2) is 0 Å². The zero-order valence-corrected chi connectivity index (χ0v) is 28.4. The number of rotatable bonds is 11. The first kappa shape index (κ1) is 33.2. The Hall–Kier alpha value is -3.66. The van der Waals surface area contributed by atoms with Gasteiger partial charge in [0.2, 0.25) is 11.8 Å². The lowest BCUT2D eigenvalue weighted by Gasteiger charge is -2.31. The first-order valence-electron chi connectivity index (χ1n) is 16.0. The SMILES string of the molecule is COc1cc(-c2cccc(-c3cccc(-c4ccc(CNC[C@@H]5CCC(=O)N5)c(OC)n4)c3Cl)c2Cl)cc2c1CN(C[C@H](C)O)CC2. The van der Waals surface area contributed by atoms with Crippen molar-refractivity contribution in [1.82, 2.24) is 20.5 Å². The number of β-amino-alcohol motifs (C(OH)–C–C–N with tert-alkyl or cyclic N) is 1. The fourth-order valence-electron chi connectivity index (χ4n) is 6.60. The molecule has 4 aromatic rings. The predicted octanol–water partition coefficient (Wildman–Crippen LogP) is 6.51. The summed E-state index contributed by atoms with van der Waals surface area (Å²) in [4.78, 5) is 18.6. The van der Waals surface area contributed by atoms with Crippen LogP contribution in [0.25, 0.3) is 33.5 Å². The number of ether oxygens (including phenoxy) is 2. The van der Waals surface area contributed by atoms with Crippen LogP contribution in [0.3, 0.4) is 0 Å². The second-order valence-electron chi connectivity index (χ2n) is 12.3. The summed E-state index contributed by atoms with van der Waals surface area (Å²) in [6.07, 6.45) is 1.90. The van der Waals surface area contributed by atoms with Gasteiger partial charge in [-0.3, -0.25) is 9.69 Å². The smallest absolute Gasteiger partial charge is 0.220 e. The number of benzene rings is 3. The van der Waals surface area contributed by atoms with Crippen molar-refractivity contribution in [3.05, 3.63) is 87.4 Å². The number of nitrogens with one attached hydrogen (secondary N) is 2. The number of hydrogen-bond donors (Lipinski definition) is 3. The number of aromatic nitrogens is 1. The van der Waals surface area contributed by atoms with Gasteiger partial charge < -0.3 is 25.2 Å². The Morgan fingerprint density at radius 1 is 1.00 bits per heavy atom. The number of hydrogen-bond acceptors (Lipinski definition) is 7. The summed E-state index contributed by atoms with van der Waals surface area (Å²) in [6, 6.07) is 20.2. The average molecular weight is 676 g/mol. The number of methoxy groups -OCH3 is 2. The third-order valence-corrected chi connectivity index (χ3v) is 9.74. The molecule has 0 spiro atoms. The second-order valence-corrected chi connectivity index (χ2v) is 13.0. The van der Waals surface area contributed by atoms with Crippen LogP contribution < -0.4 is 20.1 Å². The van der Waals surface area contributed by atoms with E-state index in [9.17, 15) is 9.90 Å². The van der Waals surface area contributed by atoms with Gasteiger partial charge in [0.25, 0.3) is 0 Å². The number of nitrogens with zero attached hydrogens (tertiary/aromatic N) is 2. The van der Waals surface area contributed by atoms with Gasteiger partial charge in [0, 0.05) is 78.6 Å². The fraction of sp³-hybridized carbons (Fsp3) is 0.351. The summed E-state index contributed by atoms with van der Waals surface area (Å²) in [5.74, 6) is 1.44. The number of pyridine rings is 1. The first-order valence-corrected chi connectivity index (χ1v) is 16.7. The Balaban J connectivity index is 1.27. The van der Waals surface area contributed by atoms with Crippen molar-refractivity contribution in [1.29, 1.82) is 0 Å². The maximum atomic E-state index is 11.5. The number of carbonyl (C=O) groups excluding carboxylic acids is 1. The fourth-order valence-corrected chi connectivity index (χ4v) is 7.26. The van der Waals surface area contributed by atoms with E-state index in [1.807, 2.05) is 61.5 Å². The zero-order valence-electron chi connectivity index (χ0n) is 26.9. The molecular formula is C37H40Cl2N4O4. The van der Waals surface area contributed by atoms with Gasteiger partial charge in [-0.05, 0) is 43.0 Å². The molecule has 1 amide bonds. The maximum absolute atomic E-state index is 11.5. The van der Waals surface area contributed by atoms with Gasteiger partial charge in [-0.2, -0.15) is 0 Å². The maximum Gasteiger partial charge on any atom is 0.220 e. The van der Waals surface area contributed by atoms with Crippen LogP contribution >= 0.6 is 23.2 Å². The number of fused-ring (bicyclic) bond motifs is 1. The largest absolute Gasteiger partial charge is 0.496 e. The molecule has 2 aliphatic rings. The quantitative estimate of drug-likeness (QED) is 0.167. The van der Waals surface area contributed by atoms with Crippen LogP contribution in [0.1, 0.15) is 36.5 Å². The highest BCUT2D eigenvalue weighted by Crippen LogP contribution is 2.44. The van der Waals surface area contributed by atoms with Crippen molar-refractivity contribution in [2.45, 2.75) is 51.4 Å². The lowest BCUT2D eigenvalue weighted by molar-refractivity contribution is -0.119. The van der Waals surface area contributed by atoms with Gasteiger partial charge in [-0.1, -0.05) is 71.7 Å². The average Bonchev–Trinajstić information content (AvgIpc) is 3.49. The van der Waals surface area contributed by atoms with Crippen molar-refractivity contribution in [3.63, 3.8) is 0 Å². The number of carbonyl (C=O) groups is 1. The molecule has 3 N–H and O–H groups in total. The molecule has 8 nitrogen and oxygen atoms in total. The molecule has 3 heterocycles. The molecule has 0 radical (unpaired) electrons. The van der Waals surface area contributed by atoms with E-state index in [0.717, 1.165) is 70.6 Å². The molecule has 0 saturated carbocycles. The standard InChI is InChI=1S/C37H40Cl2N4O4/c1-22(44)20-43-15-14-23-16-25(17-33(46-2)31(23)21-43)27-6-4-7-28(35(27)38)29-8-5-9-30(36(29)39)32-12-10-24(37(42-32)47-3)18-40-19-26-11-13-34(45)41-26/h4-10,12,16-17,22,26,40,44H,11,13-15,18-21H2,1-3H3,(H,41,45)/t22-,26-/m0/s1. The van der Waals surface area contributed by atoms with Crippen LogP contribution in [0.5, 0.6) is 11.6 Å². The highest BCUT2D eigenvalue weighted by atomic mass is 35.5. The Morgan fingerprint density at radius 3 is 2.40 bits per heavy atom. The van der Waals surface area contributed by atoms with E-state index in [-0.39, 0.29) is 18.1 Å². The summed E-state index contributed by atoms with van der Waals surface area (Å²) in [7, 11) is 3.30. The molecule has 0 bridgehead atoms. The Kier molecular flexibility index (Phi) is 10.3. The number of aliphatic hydroxyl groups excluding tert-OH is 1. The van der Waals surface area contributed by atoms with Crippen molar-refractivity contribution in [2.75, 3.05) is 33.9 Å². The lowest BCUT2D eigenvalue weighted by atomic mass is 9.91. The Morgan fingerprint density at radius 2 is 1.72 bits per heavy atom. The Bertz CT molecular complexity index is 1760. The summed E-state index contributed by atoms with van der Waals surface area (Å²) in [5.41, 5.74) is 8.26. The van der Waals surface area contributed by atoms with Crippen molar-refractivity contribution < 1.29 is 19.4 Å². The van der Waals surface area contributed by atoms with Gasteiger partial charge in [0.1, 0.15) is 5.75 Å². The molecule has 47 heavy (non-hydrogen) atoms. The molecule has 0 aliphatic carbocycles. The third-order valence-electron chi connectivity index (χ3n) is 8.92.